The Hall–Kier alpha value is -1.64. The fourth-order valence-electron chi connectivity index (χ4n) is 1.68. The number of carbonyl (C=O) groups excluding carboxylic acids is 1. The van der Waals surface area contributed by atoms with Gasteiger partial charge in [0.05, 0.1) is 12.1 Å². The summed E-state index contributed by atoms with van der Waals surface area (Å²) in [7, 11) is 0. The quantitative estimate of drug-likeness (QED) is 0.756. The number of nitrogens with zero attached hydrogens (tertiary/aromatic N) is 1. The monoisotopic (exact) mass is 265 g/mol. The molecular formula is C11H8ClN3OS. The van der Waals surface area contributed by atoms with Gasteiger partial charge in [-0.3, -0.25) is 4.79 Å². The van der Waals surface area contributed by atoms with Crippen LogP contribution in [-0.2, 0) is 4.79 Å². The van der Waals surface area contributed by atoms with Gasteiger partial charge >= 0.3 is 0 Å². The number of nitriles is 1. The third kappa shape index (κ3) is 2.38. The van der Waals surface area contributed by atoms with Gasteiger partial charge in [0.25, 0.3) is 0 Å². The molecule has 1 fully saturated rings. The smallest absolute Gasteiger partial charge is 0.245 e. The van der Waals surface area contributed by atoms with Crippen LogP contribution < -0.4 is 10.6 Å². The molecule has 2 rings (SSSR count). The summed E-state index contributed by atoms with van der Waals surface area (Å²) in [5.41, 5.74) is 0.804. The number of amides is 1. The SMILES string of the molecule is N#CC1C(=O)NC(=S)NC1c1ccc(Cl)cc1. The molecule has 86 valence electrons. The van der Waals surface area contributed by atoms with Crippen molar-refractivity contribution in [3.8, 4) is 6.07 Å². The third-order valence-electron chi connectivity index (χ3n) is 2.51. The number of carbonyl (C=O) groups is 1. The van der Waals surface area contributed by atoms with Gasteiger partial charge < -0.3 is 10.6 Å². The zero-order valence-electron chi connectivity index (χ0n) is 8.61. The maximum absolute atomic E-state index is 11.6. The van der Waals surface area contributed by atoms with Crippen LogP contribution in [0.4, 0.5) is 0 Å². The van der Waals surface area contributed by atoms with Gasteiger partial charge in [0.15, 0.2) is 5.11 Å². The van der Waals surface area contributed by atoms with Crippen LogP contribution in [-0.4, -0.2) is 11.0 Å². The van der Waals surface area contributed by atoms with Crippen LogP contribution in [0.3, 0.4) is 0 Å². The lowest BCUT2D eigenvalue weighted by molar-refractivity contribution is -0.123. The highest BCUT2D eigenvalue weighted by molar-refractivity contribution is 7.80. The van der Waals surface area contributed by atoms with E-state index < -0.39 is 12.0 Å². The molecule has 0 saturated carbocycles. The number of thiocarbonyl (C=S) groups is 1. The summed E-state index contributed by atoms with van der Waals surface area (Å²) in [6.45, 7) is 0. The summed E-state index contributed by atoms with van der Waals surface area (Å²) < 4.78 is 0. The molecule has 1 heterocycles. The lowest BCUT2D eigenvalue weighted by Crippen LogP contribution is -2.53. The number of hydrogen-bond donors (Lipinski definition) is 2. The maximum Gasteiger partial charge on any atom is 0.245 e. The Kier molecular flexibility index (Phi) is 3.27. The molecule has 1 saturated heterocycles. The highest BCUT2D eigenvalue weighted by atomic mass is 35.5. The molecule has 2 atom stereocenters. The summed E-state index contributed by atoms with van der Waals surface area (Å²) in [4.78, 5) is 11.6. The Morgan fingerprint density at radius 3 is 2.59 bits per heavy atom. The Labute approximate surface area is 109 Å². The van der Waals surface area contributed by atoms with E-state index in [9.17, 15) is 4.79 Å². The van der Waals surface area contributed by atoms with Crippen molar-refractivity contribution >= 4 is 34.8 Å². The van der Waals surface area contributed by atoms with Gasteiger partial charge in [0.2, 0.25) is 5.91 Å². The van der Waals surface area contributed by atoms with Crippen molar-refractivity contribution in [3.05, 3.63) is 34.9 Å². The Morgan fingerprint density at radius 2 is 2.00 bits per heavy atom. The van der Waals surface area contributed by atoms with Crippen molar-refractivity contribution in [3.63, 3.8) is 0 Å². The minimum absolute atomic E-state index is 0.237. The molecular weight excluding hydrogens is 258 g/mol. The van der Waals surface area contributed by atoms with E-state index in [1.165, 1.54) is 0 Å². The van der Waals surface area contributed by atoms with Crippen LogP contribution in [0.1, 0.15) is 11.6 Å². The van der Waals surface area contributed by atoms with Crippen LogP contribution in [0.2, 0.25) is 5.02 Å². The fourth-order valence-corrected chi connectivity index (χ4v) is 2.03. The van der Waals surface area contributed by atoms with Crippen LogP contribution in [0.15, 0.2) is 24.3 Å². The van der Waals surface area contributed by atoms with E-state index in [4.69, 9.17) is 29.1 Å². The van der Waals surface area contributed by atoms with Crippen molar-refractivity contribution in [2.75, 3.05) is 0 Å². The highest BCUT2D eigenvalue weighted by Gasteiger charge is 2.34. The first-order chi connectivity index (χ1) is 8.11. The number of halogens is 1. The highest BCUT2D eigenvalue weighted by Crippen LogP contribution is 2.25. The Balaban J connectivity index is 2.34. The molecule has 2 unspecified atom stereocenters. The molecule has 0 radical (unpaired) electrons. The van der Waals surface area contributed by atoms with Crippen molar-refractivity contribution < 1.29 is 4.79 Å². The van der Waals surface area contributed by atoms with Crippen molar-refractivity contribution in [1.82, 2.24) is 10.6 Å². The molecule has 1 amide bonds. The first kappa shape index (κ1) is 11.8. The summed E-state index contributed by atoms with van der Waals surface area (Å²) in [6, 6.07) is 8.50. The van der Waals surface area contributed by atoms with Crippen LogP contribution >= 0.6 is 23.8 Å². The predicted molar refractivity (Wildman–Crippen MR) is 67.2 cm³/mol. The van der Waals surface area contributed by atoms with E-state index in [1.807, 2.05) is 6.07 Å². The molecule has 0 spiro atoms. The summed E-state index contributed by atoms with van der Waals surface area (Å²) >= 11 is 10.7. The van der Waals surface area contributed by atoms with Gasteiger partial charge in [-0.05, 0) is 29.9 Å². The second-order valence-corrected chi connectivity index (χ2v) is 4.44. The largest absolute Gasteiger partial charge is 0.354 e. The van der Waals surface area contributed by atoms with E-state index in [1.54, 1.807) is 24.3 Å². The van der Waals surface area contributed by atoms with E-state index in [-0.39, 0.29) is 11.0 Å². The zero-order valence-corrected chi connectivity index (χ0v) is 10.2. The zero-order chi connectivity index (χ0) is 12.4. The summed E-state index contributed by atoms with van der Waals surface area (Å²) in [6.07, 6.45) is 0. The van der Waals surface area contributed by atoms with Crippen molar-refractivity contribution in [2.24, 2.45) is 5.92 Å². The van der Waals surface area contributed by atoms with Crippen LogP contribution in [0.25, 0.3) is 0 Å². The second kappa shape index (κ2) is 4.70. The van der Waals surface area contributed by atoms with E-state index in [0.717, 1.165) is 5.56 Å². The average Bonchev–Trinajstić information content (AvgIpc) is 2.29. The molecule has 1 aliphatic rings. The molecule has 1 aliphatic heterocycles. The molecule has 0 aliphatic carbocycles. The fraction of sp³-hybridized carbons (Fsp3) is 0.182. The van der Waals surface area contributed by atoms with Gasteiger partial charge in [-0.2, -0.15) is 5.26 Å². The summed E-state index contributed by atoms with van der Waals surface area (Å²) in [5, 5.41) is 15.2. The normalized spacial score (nSPS) is 23.5. The van der Waals surface area contributed by atoms with Crippen LogP contribution in [0, 0.1) is 17.2 Å². The molecule has 17 heavy (non-hydrogen) atoms. The molecule has 1 aromatic carbocycles. The van der Waals surface area contributed by atoms with Gasteiger partial charge in [-0.15, -0.1) is 0 Å². The van der Waals surface area contributed by atoms with Gasteiger partial charge in [0, 0.05) is 5.02 Å². The number of rotatable bonds is 1. The molecule has 0 aromatic heterocycles. The average molecular weight is 266 g/mol. The third-order valence-corrected chi connectivity index (χ3v) is 2.98. The van der Waals surface area contributed by atoms with Crippen molar-refractivity contribution in [2.45, 2.75) is 6.04 Å². The van der Waals surface area contributed by atoms with Gasteiger partial charge in [-0.1, -0.05) is 23.7 Å². The number of nitrogens with one attached hydrogen (secondary N) is 2. The predicted octanol–water partition coefficient (Wildman–Crippen LogP) is 1.53. The van der Waals surface area contributed by atoms with E-state index in [0.29, 0.717) is 5.02 Å². The first-order valence-electron chi connectivity index (χ1n) is 4.88. The minimum atomic E-state index is -0.803. The Morgan fingerprint density at radius 1 is 1.35 bits per heavy atom. The maximum atomic E-state index is 11.6. The number of hydrogen-bond acceptors (Lipinski definition) is 3. The molecule has 2 N–H and O–H groups in total. The molecule has 6 heteroatoms. The van der Waals surface area contributed by atoms with E-state index >= 15 is 0 Å². The van der Waals surface area contributed by atoms with Gasteiger partial charge in [0.1, 0.15) is 5.92 Å². The lowest BCUT2D eigenvalue weighted by atomic mass is 9.92. The van der Waals surface area contributed by atoms with Crippen LogP contribution in [0.5, 0.6) is 0 Å². The molecule has 4 nitrogen and oxygen atoms in total. The number of benzene rings is 1. The van der Waals surface area contributed by atoms with Gasteiger partial charge in [-0.25, -0.2) is 0 Å². The lowest BCUT2D eigenvalue weighted by Gasteiger charge is -2.29. The minimum Gasteiger partial charge on any atom is -0.354 e. The standard InChI is InChI=1S/C11H8ClN3OS/c12-7-3-1-6(2-4-7)9-8(5-13)10(16)15-11(17)14-9/h1-4,8-9H,(H2,14,15,16,17). The Bertz CT molecular complexity index is 508. The van der Waals surface area contributed by atoms with Crippen molar-refractivity contribution in [1.29, 1.82) is 5.26 Å². The second-order valence-electron chi connectivity index (χ2n) is 3.60. The molecule has 1 aromatic rings. The summed E-state index contributed by atoms with van der Waals surface area (Å²) in [5.74, 6) is -1.18. The molecule has 0 bridgehead atoms. The first-order valence-corrected chi connectivity index (χ1v) is 5.67. The topological polar surface area (TPSA) is 64.9 Å². The van der Waals surface area contributed by atoms with E-state index in [2.05, 4.69) is 10.6 Å².